The molecule has 0 bridgehead atoms. The van der Waals surface area contributed by atoms with Crippen molar-refractivity contribution >= 4 is 21.7 Å². The van der Waals surface area contributed by atoms with E-state index in [4.69, 9.17) is 16.2 Å². The molecule has 0 saturated carbocycles. The van der Waals surface area contributed by atoms with E-state index in [0.717, 1.165) is 5.56 Å². The van der Waals surface area contributed by atoms with Crippen LogP contribution in [0.5, 0.6) is 0 Å². The van der Waals surface area contributed by atoms with E-state index in [9.17, 15) is 8.42 Å². The summed E-state index contributed by atoms with van der Waals surface area (Å²) in [5.41, 5.74) is 1.70. The lowest BCUT2D eigenvalue weighted by Crippen LogP contribution is -2.05. The number of aryl methyl sites for hydroxylation is 2. The number of hydrogen-bond acceptors (Lipinski definition) is 2. The lowest BCUT2D eigenvalue weighted by Gasteiger charge is -2.10. The second kappa shape index (κ2) is 3.53. The van der Waals surface area contributed by atoms with E-state index in [1.165, 1.54) is 0 Å². The lowest BCUT2D eigenvalue weighted by molar-refractivity contribution is 0.482. The first-order chi connectivity index (χ1) is 6.25. The average molecular weight is 235 g/mol. The standard InChI is InChI=1S/C9H11ClO3S/c1-5-4-6(2)9(14(11,12)13)7(3)8(5)10/h4H,1-3H3,(H,11,12,13). The van der Waals surface area contributed by atoms with Gasteiger partial charge in [-0.1, -0.05) is 17.7 Å². The molecule has 3 nitrogen and oxygen atoms in total. The molecule has 1 aromatic carbocycles. The molecule has 0 unspecified atom stereocenters. The Hall–Kier alpha value is -0.580. The molecule has 0 radical (unpaired) electrons. The van der Waals surface area contributed by atoms with Crippen molar-refractivity contribution < 1.29 is 13.0 Å². The summed E-state index contributed by atoms with van der Waals surface area (Å²) in [5.74, 6) is 0. The summed E-state index contributed by atoms with van der Waals surface area (Å²) in [4.78, 5) is -0.0897. The Kier molecular flexibility index (Phi) is 2.90. The molecule has 0 saturated heterocycles. The van der Waals surface area contributed by atoms with Crippen LogP contribution >= 0.6 is 11.6 Å². The highest BCUT2D eigenvalue weighted by molar-refractivity contribution is 7.86. The SMILES string of the molecule is Cc1cc(C)c(S(=O)(=O)O)c(C)c1Cl. The molecule has 1 aromatic rings. The van der Waals surface area contributed by atoms with E-state index in [1.807, 2.05) is 0 Å². The maximum absolute atomic E-state index is 11.0. The zero-order valence-corrected chi connectivity index (χ0v) is 9.70. The van der Waals surface area contributed by atoms with Gasteiger partial charge in [-0.2, -0.15) is 8.42 Å². The van der Waals surface area contributed by atoms with Gasteiger partial charge in [-0.15, -0.1) is 0 Å². The molecule has 0 aliphatic rings. The molecular weight excluding hydrogens is 224 g/mol. The first-order valence-electron chi connectivity index (χ1n) is 3.99. The van der Waals surface area contributed by atoms with Gasteiger partial charge in [-0.05, 0) is 37.5 Å². The molecule has 0 amide bonds. The highest BCUT2D eigenvalue weighted by Gasteiger charge is 2.19. The summed E-state index contributed by atoms with van der Waals surface area (Å²) < 4.78 is 31.0. The first-order valence-corrected chi connectivity index (χ1v) is 5.80. The van der Waals surface area contributed by atoms with Crippen molar-refractivity contribution in [1.82, 2.24) is 0 Å². The molecule has 1 N–H and O–H groups in total. The van der Waals surface area contributed by atoms with Gasteiger partial charge in [0.25, 0.3) is 10.1 Å². The van der Waals surface area contributed by atoms with Gasteiger partial charge in [0.1, 0.15) is 4.90 Å². The number of benzene rings is 1. The van der Waals surface area contributed by atoms with E-state index in [0.29, 0.717) is 16.1 Å². The third-order valence-electron chi connectivity index (χ3n) is 2.07. The van der Waals surface area contributed by atoms with Gasteiger partial charge < -0.3 is 0 Å². The van der Waals surface area contributed by atoms with Crippen molar-refractivity contribution in [3.63, 3.8) is 0 Å². The fourth-order valence-electron chi connectivity index (χ4n) is 1.54. The molecule has 5 heteroatoms. The van der Waals surface area contributed by atoms with Crippen LogP contribution in [0.15, 0.2) is 11.0 Å². The molecule has 14 heavy (non-hydrogen) atoms. The lowest BCUT2D eigenvalue weighted by atomic mass is 10.1. The van der Waals surface area contributed by atoms with Gasteiger partial charge in [-0.25, -0.2) is 0 Å². The molecule has 0 aliphatic heterocycles. The monoisotopic (exact) mass is 234 g/mol. The van der Waals surface area contributed by atoms with Crippen LogP contribution in [0.2, 0.25) is 5.02 Å². The van der Waals surface area contributed by atoms with Crippen LogP contribution in [0.3, 0.4) is 0 Å². The summed E-state index contributed by atoms with van der Waals surface area (Å²) in [6.07, 6.45) is 0. The predicted molar refractivity (Wildman–Crippen MR) is 55.5 cm³/mol. The van der Waals surface area contributed by atoms with E-state index in [-0.39, 0.29) is 4.90 Å². The average Bonchev–Trinajstić information content (AvgIpc) is 1.97. The minimum absolute atomic E-state index is 0.0897. The van der Waals surface area contributed by atoms with Crippen molar-refractivity contribution in [1.29, 1.82) is 0 Å². The predicted octanol–water partition coefficient (Wildman–Crippen LogP) is 2.51. The smallest absolute Gasteiger partial charge is 0.282 e. The van der Waals surface area contributed by atoms with Crippen LogP contribution in [0, 0.1) is 20.8 Å². The third kappa shape index (κ3) is 1.92. The first kappa shape index (κ1) is 11.5. The minimum atomic E-state index is -4.19. The number of rotatable bonds is 1. The summed E-state index contributed by atoms with van der Waals surface area (Å²) >= 11 is 5.89. The van der Waals surface area contributed by atoms with Crippen LogP contribution in [0.4, 0.5) is 0 Å². The molecule has 0 aromatic heterocycles. The van der Waals surface area contributed by atoms with Gasteiger partial charge >= 0.3 is 0 Å². The molecule has 0 aliphatic carbocycles. The van der Waals surface area contributed by atoms with Crippen LogP contribution < -0.4 is 0 Å². The van der Waals surface area contributed by atoms with Crippen LogP contribution in [-0.2, 0) is 10.1 Å². The van der Waals surface area contributed by atoms with Gasteiger partial charge in [-0.3, -0.25) is 4.55 Å². The number of halogens is 1. The van der Waals surface area contributed by atoms with Crippen LogP contribution in [0.1, 0.15) is 16.7 Å². The molecule has 0 fully saturated rings. The third-order valence-corrected chi connectivity index (χ3v) is 3.79. The Morgan fingerprint density at radius 2 is 1.71 bits per heavy atom. The van der Waals surface area contributed by atoms with E-state index in [2.05, 4.69) is 0 Å². The molecule has 1 rings (SSSR count). The quantitative estimate of drug-likeness (QED) is 0.760. The summed E-state index contributed by atoms with van der Waals surface area (Å²) in [6, 6.07) is 1.64. The van der Waals surface area contributed by atoms with Crippen molar-refractivity contribution in [2.24, 2.45) is 0 Å². The maximum atomic E-state index is 11.0. The van der Waals surface area contributed by atoms with Gasteiger partial charge in [0.05, 0.1) is 0 Å². The van der Waals surface area contributed by atoms with Gasteiger partial charge in [0, 0.05) is 5.02 Å². The molecule has 0 atom stereocenters. The highest BCUT2D eigenvalue weighted by Crippen LogP contribution is 2.29. The fraction of sp³-hybridized carbons (Fsp3) is 0.333. The van der Waals surface area contributed by atoms with Crippen molar-refractivity contribution in [2.75, 3.05) is 0 Å². The van der Waals surface area contributed by atoms with E-state index in [1.54, 1.807) is 26.8 Å². The zero-order chi connectivity index (χ0) is 11.1. The summed E-state index contributed by atoms with van der Waals surface area (Å²) in [5, 5.41) is 0.378. The van der Waals surface area contributed by atoms with Crippen LogP contribution in [0.25, 0.3) is 0 Å². The Bertz CT molecular complexity index is 477. The minimum Gasteiger partial charge on any atom is -0.282 e. The Morgan fingerprint density at radius 3 is 2.14 bits per heavy atom. The van der Waals surface area contributed by atoms with Crippen molar-refractivity contribution in [3.05, 3.63) is 27.8 Å². The second-order valence-electron chi connectivity index (χ2n) is 3.25. The second-order valence-corrected chi connectivity index (χ2v) is 4.99. The Labute approximate surface area is 88.5 Å². The highest BCUT2D eigenvalue weighted by atomic mass is 35.5. The Balaban J connectivity index is 3.70. The Morgan fingerprint density at radius 1 is 1.21 bits per heavy atom. The van der Waals surface area contributed by atoms with E-state index < -0.39 is 10.1 Å². The molecule has 0 spiro atoms. The van der Waals surface area contributed by atoms with Gasteiger partial charge in [0.15, 0.2) is 0 Å². The maximum Gasteiger partial charge on any atom is 0.295 e. The molecule has 0 heterocycles. The molecular formula is C9H11ClO3S. The van der Waals surface area contributed by atoms with Crippen LogP contribution in [-0.4, -0.2) is 13.0 Å². The topological polar surface area (TPSA) is 54.4 Å². The summed E-state index contributed by atoms with van der Waals surface area (Å²) in [7, 11) is -4.19. The molecule has 78 valence electrons. The summed E-state index contributed by atoms with van der Waals surface area (Å²) in [6.45, 7) is 4.99. The van der Waals surface area contributed by atoms with Gasteiger partial charge in [0.2, 0.25) is 0 Å². The zero-order valence-electron chi connectivity index (χ0n) is 8.13. The largest absolute Gasteiger partial charge is 0.295 e. The van der Waals surface area contributed by atoms with Crippen molar-refractivity contribution in [2.45, 2.75) is 25.7 Å². The van der Waals surface area contributed by atoms with E-state index >= 15 is 0 Å². The number of hydrogen-bond donors (Lipinski definition) is 1. The van der Waals surface area contributed by atoms with Crippen molar-refractivity contribution in [3.8, 4) is 0 Å². The normalized spacial score (nSPS) is 11.8. The fourth-order valence-corrected chi connectivity index (χ4v) is 2.70.